The number of benzene rings is 2. The van der Waals surface area contributed by atoms with Gasteiger partial charge in [0.05, 0.1) is 6.10 Å². The third-order valence-electron chi connectivity index (χ3n) is 3.99. The number of halogens is 1. The van der Waals surface area contributed by atoms with Crippen molar-refractivity contribution in [2.75, 3.05) is 18.4 Å². The summed E-state index contributed by atoms with van der Waals surface area (Å²) in [5.41, 5.74) is 2.79. The van der Waals surface area contributed by atoms with Crippen LogP contribution in [0.25, 0.3) is 0 Å². The minimum absolute atomic E-state index is 0.0354. The van der Waals surface area contributed by atoms with Crippen LogP contribution in [0.5, 0.6) is 0 Å². The molecule has 5 nitrogen and oxygen atoms in total. The van der Waals surface area contributed by atoms with Crippen LogP contribution in [-0.2, 0) is 4.79 Å². The average molecular weight is 401 g/mol. The van der Waals surface area contributed by atoms with Gasteiger partial charge >= 0.3 is 0 Å². The summed E-state index contributed by atoms with van der Waals surface area (Å²) in [4.78, 5) is 24.2. The van der Waals surface area contributed by atoms with Gasteiger partial charge in [-0.05, 0) is 43.7 Å². The number of Topliss-reactive ketones (excluding diaryl/α,β-unsaturated/α-hetero) is 1. The molecule has 2 aromatic carbocycles. The third-order valence-corrected chi connectivity index (χ3v) is 4.25. The van der Waals surface area contributed by atoms with Crippen LogP contribution in [0.15, 0.2) is 60.2 Å². The first kappa shape index (κ1) is 21.8. The van der Waals surface area contributed by atoms with Gasteiger partial charge in [0, 0.05) is 41.9 Å². The number of amides is 1. The van der Waals surface area contributed by atoms with E-state index in [4.69, 9.17) is 11.6 Å². The normalized spacial score (nSPS) is 11.6. The van der Waals surface area contributed by atoms with E-state index in [-0.39, 0.29) is 11.7 Å². The van der Waals surface area contributed by atoms with Crippen LogP contribution in [-0.4, -0.2) is 29.9 Å². The molecule has 28 heavy (non-hydrogen) atoms. The fourth-order valence-corrected chi connectivity index (χ4v) is 2.72. The first-order valence-electron chi connectivity index (χ1n) is 9.08. The first-order chi connectivity index (χ1) is 13.3. The van der Waals surface area contributed by atoms with E-state index in [1.807, 2.05) is 13.8 Å². The molecule has 0 spiro atoms. The quantitative estimate of drug-likeness (QED) is 0.336. The SMILES string of the molecule is CC(C)=CC(=O)Nc1cccc(C(=O)CCNCC(O)c2ccc(Cl)cc2)c1. The second-order valence-corrected chi connectivity index (χ2v) is 7.17. The van der Waals surface area contributed by atoms with Gasteiger partial charge in [-0.15, -0.1) is 0 Å². The van der Waals surface area contributed by atoms with E-state index in [1.165, 1.54) is 6.08 Å². The molecular weight excluding hydrogens is 376 g/mol. The smallest absolute Gasteiger partial charge is 0.248 e. The summed E-state index contributed by atoms with van der Waals surface area (Å²) in [5, 5.41) is 16.6. The number of aliphatic hydroxyl groups is 1. The number of rotatable bonds is 9. The first-order valence-corrected chi connectivity index (χ1v) is 9.46. The van der Waals surface area contributed by atoms with Crippen LogP contribution < -0.4 is 10.6 Å². The van der Waals surface area contributed by atoms with Crippen molar-refractivity contribution in [3.05, 3.63) is 76.3 Å². The zero-order valence-electron chi connectivity index (χ0n) is 16.0. The Morgan fingerprint density at radius 2 is 1.86 bits per heavy atom. The Labute approximate surface area is 170 Å². The van der Waals surface area contributed by atoms with Crippen molar-refractivity contribution < 1.29 is 14.7 Å². The molecule has 2 aromatic rings. The molecule has 0 bridgehead atoms. The fraction of sp³-hybridized carbons (Fsp3) is 0.273. The van der Waals surface area contributed by atoms with Gasteiger partial charge in [-0.2, -0.15) is 0 Å². The van der Waals surface area contributed by atoms with Gasteiger partial charge in [-0.25, -0.2) is 0 Å². The van der Waals surface area contributed by atoms with E-state index < -0.39 is 6.10 Å². The highest BCUT2D eigenvalue weighted by Gasteiger charge is 2.10. The number of ketones is 1. The minimum atomic E-state index is -0.666. The Bertz CT molecular complexity index is 843. The van der Waals surface area contributed by atoms with Crippen molar-refractivity contribution in [1.82, 2.24) is 5.32 Å². The summed E-state index contributed by atoms with van der Waals surface area (Å²) in [5.74, 6) is -0.255. The van der Waals surface area contributed by atoms with Crippen molar-refractivity contribution in [2.45, 2.75) is 26.4 Å². The predicted molar refractivity (Wildman–Crippen MR) is 113 cm³/mol. The molecule has 0 aliphatic rings. The number of aliphatic hydroxyl groups excluding tert-OH is 1. The standard InChI is InChI=1S/C22H25ClN2O3/c1-15(2)12-22(28)25-19-5-3-4-17(13-19)20(26)10-11-24-14-21(27)16-6-8-18(23)9-7-16/h3-9,12-13,21,24,27H,10-11,14H2,1-2H3,(H,25,28). The average Bonchev–Trinajstić information content (AvgIpc) is 2.65. The van der Waals surface area contributed by atoms with Crippen LogP contribution in [0.4, 0.5) is 5.69 Å². The second-order valence-electron chi connectivity index (χ2n) is 6.74. The van der Waals surface area contributed by atoms with E-state index in [1.54, 1.807) is 48.5 Å². The van der Waals surface area contributed by atoms with E-state index in [0.29, 0.717) is 35.8 Å². The Balaban J connectivity index is 1.81. The van der Waals surface area contributed by atoms with Gasteiger partial charge in [-0.3, -0.25) is 9.59 Å². The molecule has 148 valence electrons. The largest absolute Gasteiger partial charge is 0.387 e. The number of anilines is 1. The molecule has 0 aliphatic carbocycles. The highest BCUT2D eigenvalue weighted by Crippen LogP contribution is 2.16. The number of hydrogen-bond acceptors (Lipinski definition) is 4. The molecule has 0 saturated heterocycles. The maximum Gasteiger partial charge on any atom is 0.248 e. The summed E-state index contributed by atoms with van der Waals surface area (Å²) in [7, 11) is 0. The highest BCUT2D eigenvalue weighted by molar-refractivity contribution is 6.30. The molecule has 2 rings (SSSR count). The molecule has 1 unspecified atom stereocenters. The van der Waals surface area contributed by atoms with Crippen LogP contribution >= 0.6 is 11.6 Å². The Hall–Kier alpha value is -2.47. The maximum atomic E-state index is 12.4. The summed E-state index contributed by atoms with van der Waals surface area (Å²) >= 11 is 5.84. The van der Waals surface area contributed by atoms with Crippen LogP contribution in [0.3, 0.4) is 0 Å². The van der Waals surface area contributed by atoms with E-state index in [9.17, 15) is 14.7 Å². The van der Waals surface area contributed by atoms with Gasteiger partial charge in [0.2, 0.25) is 5.91 Å². The van der Waals surface area contributed by atoms with E-state index in [0.717, 1.165) is 11.1 Å². The topological polar surface area (TPSA) is 78.4 Å². The van der Waals surface area contributed by atoms with Crippen molar-refractivity contribution >= 4 is 29.0 Å². The summed E-state index contributed by atoms with van der Waals surface area (Å²) in [6.45, 7) is 4.47. The molecule has 6 heteroatoms. The monoisotopic (exact) mass is 400 g/mol. The van der Waals surface area contributed by atoms with Crippen molar-refractivity contribution in [1.29, 1.82) is 0 Å². The molecule has 3 N–H and O–H groups in total. The number of hydrogen-bond donors (Lipinski definition) is 3. The summed E-state index contributed by atoms with van der Waals surface area (Å²) in [6, 6.07) is 13.9. The molecule has 0 radical (unpaired) electrons. The molecular formula is C22H25ClN2O3. The predicted octanol–water partition coefficient (Wildman–Crippen LogP) is 4.14. The number of carbonyl (C=O) groups is 2. The van der Waals surface area contributed by atoms with Gasteiger partial charge in [0.25, 0.3) is 0 Å². The number of carbonyl (C=O) groups excluding carboxylic acids is 2. The lowest BCUT2D eigenvalue weighted by atomic mass is 10.1. The molecule has 0 heterocycles. The molecule has 0 aliphatic heterocycles. The fourth-order valence-electron chi connectivity index (χ4n) is 2.60. The van der Waals surface area contributed by atoms with Crippen molar-refractivity contribution in [3.8, 4) is 0 Å². The lowest BCUT2D eigenvalue weighted by Crippen LogP contribution is -2.24. The lowest BCUT2D eigenvalue weighted by molar-refractivity contribution is -0.111. The zero-order chi connectivity index (χ0) is 20.5. The zero-order valence-corrected chi connectivity index (χ0v) is 16.8. The van der Waals surface area contributed by atoms with Crippen molar-refractivity contribution in [2.24, 2.45) is 0 Å². The van der Waals surface area contributed by atoms with E-state index in [2.05, 4.69) is 10.6 Å². The van der Waals surface area contributed by atoms with E-state index >= 15 is 0 Å². The highest BCUT2D eigenvalue weighted by atomic mass is 35.5. The van der Waals surface area contributed by atoms with Gasteiger partial charge in [-0.1, -0.05) is 41.4 Å². The maximum absolute atomic E-state index is 12.4. The lowest BCUT2D eigenvalue weighted by Gasteiger charge is -2.12. The Kier molecular flexibility index (Phi) is 8.39. The Morgan fingerprint density at radius 1 is 1.14 bits per heavy atom. The number of nitrogens with one attached hydrogen (secondary N) is 2. The summed E-state index contributed by atoms with van der Waals surface area (Å²) in [6.07, 6.45) is 1.13. The summed E-state index contributed by atoms with van der Waals surface area (Å²) < 4.78 is 0. The number of allylic oxidation sites excluding steroid dienone is 1. The molecule has 1 amide bonds. The van der Waals surface area contributed by atoms with Gasteiger partial charge in [0.15, 0.2) is 5.78 Å². The van der Waals surface area contributed by atoms with Gasteiger partial charge in [0.1, 0.15) is 0 Å². The van der Waals surface area contributed by atoms with Crippen LogP contribution in [0.2, 0.25) is 5.02 Å². The van der Waals surface area contributed by atoms with Crippen LogP contribution in [0.1, 0.15) is 42.3 Å². The molecule has 0 fully saturated rings. The molecule has 1 atom stereocenters. The van der Waals surface area contributed by atoms with Crippen LogP contribution in [0, 0.1) is 0 Å². The minimum Gasteiger partial charge on any atom is -0.387 e. The van der Waals surface area contributed by atoms with Gasteiger partial charge < -0.3 is 15.7 Å². The molecule has 0 aromatic heterocycles. The second kappa shape index (κ2) is 10.8. The van der Waals surface area contributed by atoms with Crippen molar-refractivity contribution in [3.63, 3.8) is 0 Å². The molecule has 0 saturated carbocycles. The third kappa shape index (κ3) is 7.27. The Morgan fingerprint density at radius 3 is 2.54 bits per heavy atom.